The minimum absolute atomic E-state index is 0.0470. The van der Waals surface area contributed by atoms with Crippen LogP contribution in [0.5, 0.6) is 0 Å². The summed E-state index contributed by atoms with van der Waals surface area (Å²) in [5, 5.41) is 7.70. The van der Waals surface area contributed by atoms with E-state index in [-0.39, 0.29) is 5.41 Å². The zero-order valence-corrected chi connectivity index (χ0v) is 11.0. The molecule has 1 aromatic heterocycles. The lowest BCUT2D eigenvalue weighted by Gasteiger charge is -2.12. The van der Waals surface area contributed by atoms with Crippen LogP contribution in [0.2, 0.25) is 0 Å². The van der Waals surface area contributed by atoms with Gasteiger partial charge in [0.2, 0.25) is 5.13 Å². The maximum Gasteiger partial charge on any atom is 0.202 e. The number of hydrogen-bond acceptors (Lipinski definition) is 5. The van der Waals surface area contributed by atoms with Gasteiger partial charge in [0.25, 0.3) is 0 Å². The summed E-state index contributed by atoms with van der Waals surface area (Å²) in [4.78, 5) is 4.52. The molecule has 1 atom stereocenters. The molecule has 16 heavy (non-hydrogen) atoms. The molecule has 2 rings (SSSR count). The fraction of sp³-hybridized carbons (Fsp3) is 0.818. The first-order valence-electron chi connectivity index (χ1n) is 5.84. The molecule has 2 N–H and O–H groups in total. The van der Waals surface area contributed by atoms with E-state index in [1.54, 1.807) is 0 Å². The molecular formula is C11H20N4S. The normalized spacial score (nSPS) is 21.3. The van der Waals surface area contributed by atoms with E-state index in [1.807, 2.05) is 0 Å². The second-order valence-electron chi connectivity index (χ2n) is 5.41. The van der Waals surface area contributed by atoms with Crippen molar-refractivity contribution in [2.24, 2.45) is 5.92 Å². The molecule has 2 heterocycles. The van der Waals surface area contributed by atoms with Crippen LogP contribution in [0.15, 0.2) is 0 Å². The van der Waals surface area contributed by atoms with Gasteiger partial charge in [0.1, 0.15) is 5.82 Å². The highest BCUT2D eigenvalue weighted by atomic mass is 32.1. The molecule has 1 fully saturated rings. The molecule has 0 spiro atoms. The maximum absolute atomic E-state index is 4.52. The monoisotopic (exact) mass is 240 g/mol. The standard InChI is InChI=1S/C11H20N4S/c1-11(2,3)9-14-10(16-15-9)13-7-8-4-5-12-6-8/h8,12H,4-7H2,1-3H3,(H,13,14,15). The highest BCUT2D eigenvalue weighted by Gasteiger charge is 2.20. The summed E-state index contributed by atoms with van der Waals surface area (Å²) >= 11 is 1.47. The Kier molecular flexibility index (Phi) is 3.44. The minimum atomic E-state index is 0.0470. The van der Waals surface area contributed by atoms with Crippen LogP contribution < -0.4 is 10.6 Å². The second-order valence-corrected chi connectivity index (χ2v) is 6.16. The number of hydrogen-bond donors (Lipinski definition) is 2. The van der Waals surface area contributed by atoms with Crippen molar-refractivity contribution < 1.29 is 0 Å². The predicted octanol–water partition coefficient (Wildman–Crippen LogP) is 1.86. The van der Waals surface area contributed by atoms with Crippen LogP contribution in [0.1, 0.15) is 33.0 Å². The highest BCUT2D eigenvalue weighted by Crippen LogP contribution is 2.23. The summed E-state index contributed by atoms with van der Waals surface area (Å²) in [5.41, 5.74) is 0.0470. The summed E-state index contributed by atoms with van der Waals surface area (Å²) in [7, 11) is 0. The van der Waals surface area contributed by atoms with Gasteiger partial charge in [-0.2, -0.15) is 4.37 Å². The van der Waals surface area contributed by atoms with Crippen molar-refractivity contribution in [1.29, 1.82) is 0 Å². The van der Waals surface area contributed by atoms with Crippen LogP contribution in [0.3, 0.4) is 0 Å². The first-order valence-corrected chi connectivity index (χ1v) is 6.62. The van der Waals surface area contributed by atoms with Gasteiger partial charge in [-0.05, 0) is 25.4 Å². The molecule has 4 nitrogen and oxygen atoms in total. The molecule has 1 saturated heterocycles. The zero-order valence-electron chi connectivity index (χ0n) is 10.2. The van der Waals surface area contributed by atoms with Crippen molar-refractivity contribution in [3.05, 3.63) is 5.82 Å². The van der Waals surface area contributed by atoms with E-state index in [2.05, 4.69) is 40.8 Å². The van der Waals surface area contributed by atoms with E-state index in [9.17, 15) is 0 Å². The fourth-order valence-electron chi connectivity index (χ4n) is 1.72. The number of anilines is 1. The average Bonchev–Trinajstić information content (AvgIpc) is 2.85. The van der Waals surface area contributed by atoms with Crippen LogP contribution in [0.25, 0.3) is 0 Å². The van der Waals surface area contributed by atoms with Crippen LogP contribution in [0.4, 0.5) is 5.13 Å². The SMILES string of the molecule is CC(C)(C)c1nsc(NCC2CCNC2)n1. The van der Waals surface area contributed by atoms with E-state index in [0.717, 1.165) is 36.5 Å². The Labute approximate surface area is 101 Å². The Bertz CT molecular complexity index is 336. The third-order valence-corrected chi connectivity index (χ3v) is 3.47. The Morgan fingerprint density at radius 1 is 1.50 bits per heavy atom. The Balaban J connectivity index is 1.87. The fourth-order valence-corrected chi connectivity index (χ4v) is 2.48. The lowest BCUT2D eigenvalue weighted by molar-refractivity contribution is 0.554. The summed E-state index contributed by atoms with van der Waals surface area (Å²) in [6.07, 6.45) is 1.26. The van der Waals surface area contributed by atoms with Gasteiger partial charge in [-0.25, -0.2) is 4.98 Å². The number of aromatic nitrogens is 2. The van der Waals surface area contributed by atoms with Crippen molar-refractivity contribution in [3.8, 4) is 0 Å². The molecule has 5 heteroatoms. The Morgan fingerprint density at radius 3 is 2.88 bits per heavy atom. The molecule has 0 radical (unpaired) electrons. The zero-order chi connectivity index (χ0) is 11.6. The highest BCUT2D eigenvalue weighted by molar-refractivity contribution is 7.09. The third-order valence-electron chi connectivity index (χ3n) is 2.80. The van der Waals surface area contributed by atoms with Crippen molar-refractivity contribution in [3.63, 3.8) is 0 Å². The molecular weight excluding hydrogens is 220 g/mol. The molecule has 1 aliphatic heterocycles. The van der Waals surface area contributed by atoms with Gasteiger partial charge in [0, 0.05) is 23.5 Å². The molecule has 0 aliphatic carbocycles. The van der Waals surface area contributed by atoms with Gasteiger partial charge < -0.3 is 10.6 Å². The van der Waals surface area contributed by atoms with E-state index in [0.29, 0.717) is 0 Å². The summed E-state index contributed by atoms with van der Waals surface area (Å²) in [6, 6.07) is 0. The van der Waals surface area contributed by atoms with Crippen LogP contribution in [0, 0.1) is 5.92 Å². The van der Waals surface area contributed by atoms with E-state index in [4.69, 9.17) is 0 Å². The summed E-state index contributed by atoms with van der Waals surface area (Å²) < 4.78 is 4.39. The van der Waals surface area contributed by atoms with E-state index in [1.165, 1.54) is 18.0 Å². The Morgan fingerprint density at radius 2 is 2.31 bits per heavy atom. The average molecular weight is 240 g/mol. The smallest absolute Gasteiger partial charge is 0.202 e. The largest absolute Gasteiger partial charge is 0.360 e. The second kappa shape index (κ2) is 4.67. The lowest BCUT2D eigenvalue weighted by atomic mass is 9.96. The molecule has 0 aromatic carbocycles. The quantitative estimate of drug-likeness (QED) is 0.846. The van der Waals surface area contributed by atoms with Gasteiger partial charge in [-0.1, -0.05) is 20.8 Å². The number of nitrogens with one attached hydrogen (secondary N) is 2. The first-order chi connectivity index (χ1) is 7.55. The molecule has 1 unspecified atom stereocenters. The van der Waals surface area contributed by atoms with Gasteiger partial charge >= 0.3 is 0 Å². The van der Waals surface area contributed by atoms with E-state index < -0.39 is 0 Å². The molecule has 1 aromatic rings. The third kappa shape index (κ3) is 2.92. The first kappa shape index (κ1) is 11.8. The van der Waals surface area contributed by atoms with Gasteiger partial charge in [0.05, 0.1) is 0 Å². The molecule has 0 bridgehead atoms. The van der Waals surface area contributed by atoms with Gasteiger partial charge in [0.15, 0.2) is 0 Å². The van der Waals surface area contributed by atoms with Gasteiger partial charge in [-0.15, -0.1) is 0 Å². The maximum atomic E-state index is 4.52. The Hall–Kier alpha value is -0.680. The topological polar surface area (TPSA) is 49.8 Å². The van der Waals surface area contributed by atoms with Crippen molar-refractivity contribution in [2.75, 3.05) is 25.0 Å². The number of nitrogens with zero attached hydrogens (tertiary/aromatic N) is 2. The summed E-state index contributed by atoms with van der Waals surface area (Å²) in [6.45, 7) is 9.69. The van der Waals surface area contributed by atoms with Crippen molar-refractivity contribution in [2.45, 2.75) is 32.6 Å². The van der Waals surface area contributed by atoms with Crippen LogP contribution >= 0.6 is 11.5 Å². The van der Waals surface area contributed by atoms with Gasteiger partial charge in [-0.3, -0.25) is 0 Å². The summed E-state index contributed by atoms with van der Waals surface area (Å²) in [5.74, 6) is 1.67. The van der Waals surface area contributed by atoms with Crippen molar-refractivity contribution in [1.82, 2.24) is 14.7 Å². The molecule has 0 amide bonds. The number of rotatable bonds is 3. The van der Waals surface area contributed by atoms with Crippen LogP contribution in [-0.4, -0.2) is 29.0 Å². The molecule has 90 valence electrons. The minimum Gasteiger partial charge on any atom is -0.360 e. The lowest BCUT2D eigenvalue weighted by Crippen LogP contribution is -2.17. The molecule has 0 saturated carbocycles. The van der Waals surface area contributed by atoms with Crippen molar-refractivity contribution >= 4 is 16.7 Å². The van der Waals surface area contributed by atoms with Crippen LogP contribution in [-0.2, 0) is 5.41 Å². The van der Waals surface area contributed by atoms with E-state index >= 15 is 0 Å². The predicted molar refractivity (Wildman–Crippen MR) is 68.1 cm³/mol. The molecule has 1 aliphatic rings.